The van der Waals surface area contributed by atoms with Gasteiger partial charge in [-0.1, -0.05) is 35.7 Å². The highest BCUT2D eigenvalue weighted by molar-refractivity contribution is 14.1. The van der Waals surface area contributed by atoms with Gasteiger partial charge in [0.1, 0.15) is 6.04 Å². The minimum Gasteiger partial charge on any atom is -0.480 e. The largest absolute Gasteiger partial charge is 0.480 e. The van der Waals surface area contributed by atoms with Crippen molar-refractivity contribution in [3.63, 3.8) is 0 Å². The molecule has 0 aliphatic rings. The Morgan fingerprint density at radius 3 is 2.74 bits per heavy atom. The van der Waals surface area contributed by atoms with Crippen LogP contribution in [0.25, 0.3) is 0 Å². The molecule has 0 aromatic heterocycles. The van der Waals surface area contributed by atoms with Crippen LogP contribution in [-0.4, -0.2) is 23.0 Å². The molecule has 19 heavy (non-hydrogen) atoms. The first-order valence-electron chi connectivity index (χ1n) is 5.94. The zero-order chi connectivity index (χ0) is 14.4. The molecule has 0 aliphatic carbocycles. The first-order chi connectivity index (χ1) is 8.95. The number of benzene rings is 1. The number of halogens is 2. The molecule has 0 aliphatic heterocycles. The van der Waals surface area contributed by atoms with Gasteiger partial charge in [0.2, 0.25) is 0 Å². The predicted molar refractivity (Wildman–Crippen MR) is 85.3 cm³/mol. The van der Waals surface area contributed by atoms with Crippen LogP contribution in [0.5, 0.6) is 0 Å². The molecule has 2 N–H and O–H groups in total. The summed E-state index contributed by atoms with van der Waals surface area (Å²) in [6, 6.07) is 4.50. The van der Waals surface area contributed by atoms with Gasteiger partial charge in [0.15, 0.2) is 0 Å². The number of nitrogens with one attached hydrogen (secondary N) is 1. The smallest absolute Gasteiger partial charge is 0.326 e. The van der Waals surface area contributed by atoms with Crippen molar-refractivity contribution in [1.29, 1.82) is 0 Å². The van der Waals surface area contributed by atoms with Crippen molar-refractivity contribution in [3.05, 3.63) is 31.8 Å². The van der Waals surface area contributed by atoms with E-state index in [0.29, 0.717) is 12.0 Å². The van der Waals surface area contributed by atoms with Crippen LogP contribution in [0.4, 0.5) is 0 Å². The van der Waals surface area contributed by atoms with Crippen LogP contribution in [0.3, 0.4) is 0 Å². The van der Waals surface area contributed by atoms with Crippen LogP contribution >= 0.6 is 38.5 Å². The van der Waals surface area contributed by atoms with E-state index in [0.717, 1.165) is 20.9 Å². The fourth-order valence-electron chi connectivity index (χ4n) is 1.57. The second-order valence-electron chi connectivity index (χ2n) is 4.13. The van der Waals surface area contributed by atoms with E-state index in [4.69, 9.17) is 5.11 Å². The quantitative estimate of drug-likeness (QED) is 0.667. The van der Waals surface area contributed by atoms with Crippen LogP contribution in [0.2, 0.25) is 0 Å². The molecule has 1 aromatic rings. The molecule has 0 spiro atoms. The standard InChI is InChI=1S/C13H15BrINO3/c1-2-3-4-11(13(18)19)16-12(17)9-7-8(14)5-6-10(9)15/h5-7,11H,2-4H2,1H3,(H,16,17)(H,18,19)/t11-/m0/s1. The number of amides is 1. The topological polar surface area (TPSA) is 66.4 Å². The molecular weight excluding hydrogens is 425 g/mol. The summed E-state index contributed by atoms with van der Waals surface area (Å²) < 4.78 is 1.58. The Balaban J connectivity index is 2.81. The zero-order valence-corrected chi connectivity index (χ0v) is 14.2. The van der Waals surface area contributed by atoms with Gasteiger partial charge in [0.25, 0.3) is 5.91 Å². The highest BCUT2D eigenvalue weighted by atomic mass is 127. The lowest BCUT2D eigenvalue weighted by Crippen LogP contribution is -2.41. The summed E-state index contributed by atoms with van der Waals surface area (Å²) in [5.41, 5.74) is 0.484. The van der Waals surface area contributed by atoms with Gasteiger partial charge in [-0.15, -0.1) is 0 Å². The molecule has 6 heteroatoms. The molecule has 0 fully saturated rings. The van der Waals surface area contributed by atoms with E-state index in [2.05, 4.69) is 43.8 Å². The van der Waals surface area contributed by atoms with E-state index in [9.17, 15) is 9.59 Å². The van der Waals surface area contributed by atoms with Gasteiger partial charge in [-0.05, 0) is 47.2 Å². The van der Waals surface area contributed by atoms with Crippen LogP contribution < -0.4 is 5.32 Å². The van der Waals surface area contributed by atoms with Crippen LogP contribution in [0.1, 0.15) is 36.5 Å². The molecule has 0 unspecified atom stereocenters. The second kappa shape index (κ2) is 7.84. The number of carboxylic acid groups (broad SMARTS) is 1. The van der Waals surface area contributed by atoms with E-state index in [1.165, 1.54) is 0 Å². The molecule has 1 amide bonds. The predicted octanol–water partition coefficient (Wildman–Crippen LogP) is 3.43. The third-order valence-electron chi connectivity index (χ3n) is 2.62. The molecule has 1 atom stereocenters. The number of aliphatic carboxylic acids is 1. The van der Waals surface area contributed by atoms with Gasteiger partial charge in [-0.3, -0.25) is 4.79 Å². The van der Waals surface area contributed by atoms with Crippen molar-refractivity contribution in [2.24, 2.45) is 0 Å². The molecule has 0 radical (unpaired) electrons. The molecule has 0 saturated carbocycles. The zero-order valence-electron chi connectivity index (χ0n) is 10.5. The number of hydrogen-bond donors (Lipinski definition) is 2. The number of carboxylic acids is 1. The summed E-state index contributed by atoms with van der Waals surface area (Å²) in [5, 5.41) is 11.7. The van der Waals surface area contributed by atoms with E-state index in [1.54, 1.807) is 12.1 Å². The molecule has 1 aromatic carbocycles. The fraction of sp³-hybridized carbons (Fsp3) is 0.385. The summed E-state index contributed by atoms with van der Waals surface area (Å²) in [7, 11) is 0. The first-order valence-corrected chi connectivity index (χ1v) is 7.81. The van der Waals surface area contributed by atoms with Crippen molar-refractivity contribution in [1.82, 2.24) is 5.32 Å². The molecule has 4 nitrogen and oxygen atoms in total. The summed E-state index contributed by atoms with van der Waals surface area (Å²) in [4.78, 5) is 23.2. The average molecular weight is 440 g/mol. The van der Waals surface area contributed by atoms with Gasteiger partial charge in [-0.2, -0.15) is 0 Å². The SMILES string of the molecule is CCCC[C@H](NC(=O)c1cc(Br)ccc1I)C(=O)O. The molecule has 1 rings (SSSR count). The molecular formula is C13H15BrINO3. The summed E-state index contributed by atoms with van der Waals surface area (Å²) >= 11 is 5.36. The average Bonchev–Trinajstić information content (AvgIpc) is 2.36. The summed E-state index contributed by atoms with van der Waals surface area (Å²) in [6.07, 6.45) is 2.11. The Morgan fingerprint density at radius 1 is 1.47 bits per heavy atom. The van der Waals surface area contributed by atoms with Crippen molar-refractivity contribution in [3.8, 4) is 0 Å². The van der Waals surface area contributed by atoms with Crippen molar-refractivity contribution >= 4 is 50.4 Å². The third kappa shape index (κ3) is 5.10. The van der Waals surface area contributed by atoms with Gasteiger partial charge < -0.3 is 10.4 Å². The minimum absolute atomic E-state index is 0.353. The van der Waals surface area contributed by atoms with Crippen LogP contribution in [0.15, 0.2) is 22.7 Å². The number of carbonyl (C=O) groups excluding carboxylic acids is 1. The van der Waals surface area contributed by atoms with E-state index in [1.807, 2.05) is 13.0 Å². The number of hydrogen-bond acceptors (Lipinski definition) is 2. The van der Waals surface area contributed by atoms with Gasteiger partial charge >= 0.3 is 5.97 Å². The highest BCUT2D eigenvalue weighted by Crippen LogP contribution is 2.18. The summed E-state index contributed by atoms with van der Waals surface area (Å²) in [5.74, 6) is -1.35. The Bertz CT molecular complexity index is 479. The Kier molecular flexibility index (Phi) is 6.78. The normalized spacial score (nSPS) is 11.9. The minimum atomic E-state index is -0.994. The van der Waals surface area contributed by atoms with Gasteiger partial charge in [0, 0.05) is 8.04 Å². The van der Waals surface area contributed by atoms with Crippen LogP contribution in [0, 0.1) is 3.57 Å². The third-order valence-corrected chi connectivity index (χ3v) is 4.06. The van der Waals surface area contributed by atoms with Crippen molar-refractivity contribution in [2.75, 3.05) is 0 Å². The monoisotopic (exact) mass is 439 g/mol. The lowest BCUT2D eigenvalue weighted by atomic mass is 10.1. The van der Waals surface area contributed by atoms with Crippen LogP contribution in [-0.2, 0) is 4.79 Å². The first kappa shape index (κ1) is 16.4. The lowest BCUT2D eigenvalue weighted by Gasteiger charge is -2.14. The fourth-order valence-corrected chi connectivity index (χ4v) is 2.51. The van der Waals surface area contributed by atoms with Gasteiger partial charge in [0.05, 0.1) is 5.56 Å². The van der Waals surface area contributed by atoms with E-state index in [-0.39, 0.29) is 5.91 Å². The Morgan fingerprint density at radius 2 is 2.16 bits per heavy atom. The molecule has 0 saturated heterocycles. The Labute approximate surface area is 134 Å². The number of rotatable bonds is 6. The van der Waals surface area contributed by atoms with E-state index < -0.39 is 12.0 Å². The molecule has 0 heterocycles. The lowest BCUT2D eigenvalue weighted by molar-refractivity contribution is -0.139. The Hall–Kier alpha value is -0.630. The maximum atomic E-state index is 12.1. The van der Waals surface area contributed by atoms with Crippen molar-refractivity contribution in [2.45, 2.75) is 32.2 Å². The molecule has 0 bridgehead atoms. The maximum Gasteiger partial charge on any atom is 0.326 e. The van der Waals surface area contributed by atoms with Crippen molar-refractivity contribution < 1.29 is 14.7 Å². The van der Waals surface area contributed by atoms with Gasteiger partial charge in [-0.25, -0.2) is 4.79 Å². The number of unbranched alkanes of at least 4 members (excludes halogenated alkanes) is 1. The second-order valence-corrected chi connectivity index (χ2v) is 6.21. The van der Waals surface area contributed by atoms with E-state index >= 15 is 0 Å². The molecule has 104 valence electrons. The summed E-state index contributed by atoms with van der Waals surface area (Å²) in [6.45, 7) is 1.98. The number of carbonyl (C=O) groups is 2. The highest BCUT2D eigenvalue weighted by Gasteiger charge is 2.21. The maximum absolute atomic E-state index is 12.1.